The smallest absolute Gasteiger partial charge is 0.220 e. The molecule has 1 N–H and O–H groups in total. The van der Waals surface area contributed by atoms with Gasteiger partial charge >= 0.3 is 0 Å². The van der Waals surface area contributed by atoms with Gasteiger partial charge in [0.05, 0.1) is 5.69 Å². The number of nitrogens with zero attached hydrogens (tertiary/aromatic N) is 2. The summed E-state index contributed by atoms with van der Waals surface area (Å²) in [6.45, 7) is 2.74. The van der Waals surface area contributed by atoms with E-state index in [1.807, 2.05) is 18.2 Å². The van der Waals surface area contributed by atoms with E-state index in [0.29, 0.717) is 13.0 Å². The minimum absolute atomic E-state index is 0.114. The molecule has 2 heterocycles. The van der Waals surface area contributed by atoms with Crippen molar-refractivity contribution in [2.45, 2.75) is 32.6 Å². The van der Waals surface area contributed by atoms with E-state index in [2.05, 4.69) is 45.8 Å². The van der Waals surface area contributed by atoms with Crippen molar-refractivity contribution in [3.63, 3.8) is 0 Å². The third-order valence-electron chi connectivity index (χ3n) is 4.29. The highest BCUT2D eigenvalue weighted by atomic mass is 32.1. The molecule has 0 bridgehead atoms. The molecule has 0 saturated carbocycles. The number of carbonyl (C=O) groups is 1. The molecule has 3 aromatic rings. The van der Waals surface area contributed by atoms with E-state index in [0.717, 1.165) is 35.5 Å². The number of hydrogen-bond donors (Lipinski definition) is 1. The van der Waals surface area contributed by atoms with Crippen molar-refractivity contribution in [3.8, 4) is 10.6 Å². The van der Waals surface area contributed by atoms with E-state index in [1.54, 1.807) is 23.7 Å². The van der Waals surface area contributed by atoms with Crippen molar-refractivity contribution in [3.05, 3.63) is 71.0 Å². The summed E-state index contributed by atoms with van der Waals surface area (Å²) in [5.74, 6) is 0.114. The summed E-state index contributed by atoms with van der Waals surface area (Å²) in [5.41, 5.74) is 4.71. The molecule has 2 aromatic heterocycles. The molecule has 0 atom stereocenters. The van der Waals surface area contributed by atoms with Crippen LogP contribution in [0.25, 0.3) is 10.6 Å². The first-order chi connectivity index (χ1) is 12.7. The third-order valence-corrected chi connectivity index (χ3v) is 5.23. The predicted molar refractivity (Wildman–Crippen MR) is 106 cm³/mol. The van der Waals surface area contributed by atoms with Crippen LogP contribution in [0.3, 0.4) is 0 Å². The van der Waals surface area contributed by atoms with Crippen LogP contribution in [-0.2, 0) is 17.6 Å². The lowest BCUT2D eigenvalue weighted by Crippen LogP contribution is -2.25. The van der Waals surface area contributed by atoms with Gasteiger partial charge < -0.3 is 5.32 Å². The van der Waals surface area contributed by atoms with Crippen LogP contribution in [0, 0.1) is 6.92 Å². The average Bonchev–Trinajstić information content (AvgIpc) is 3.13. The molecule has 0 saturated heterocycles. The molecule has 0 aliphatic rings. The normalized spacial score (nSPS) is 10.7. The summed E-state index contributed by atoms with van der Waals surface area (Å²) in [5, 5.41) is 6.04. The van der Waals surface area contributed by atoms with Gasteiger partial charge in [-0.1, -0.05) is 24.3 Å². The molecule has 0 radical (unpaired) electrons. The van der Waals surface area contributed by atoms with Gasteiger partial charge in [-0.25, -0.2) is 4.98 Å². The minimum atomic E-state index is 0.114. The summed E-state index contributed by atoms with van der Waals surface area (Å²) < 4.78 is 0. The quantitative estimate of drug-likeness (QED) is 0.651. The zero-order valence-corrected chi connectivity index (χ0v) is 15.8. The second kappa shape index (κ2) is 9.25. The Morgan fingerprint density at radius 3 is 2.73 bits per heavy atom. The van der Waals surface area contributed by atoms with Crippen LogP contribution in [0.2, 0.25) is 0 Å². The molecule has 134 valence electrons. The molecule has 5 heteroatoms. The van der Waals surface area contributed by atoms with Gasteiger partial charge in [-0.05, 0) is 43.0 Å². The molecular weight excluding hydrogens is 342 g/mol. The molecule has 0 spiro atoms. The van der Waals surface area contributed by atoms with E-state index in [-0.39, 0.29) is 5.91 Å². The van der Waals surface area contributed by atoms with Gasteiger partial charge in [0.15, 0.2) is 0 Å². The average molecular weight is 366 g/mol. The van der Waals surface area contributed by atoms with E-state index < -0.39 is 0 Å². The number of pyridine rings is 1. The highest BCUT2D eigenvalue weighted by molar-refractivity contribution is 7.13. The van der Waals surface area contributed by atoms with Crippen LogP contribution in [0.4, 0.5) is 0 Å². The van der Waals surface area contributed by atoms with Crippen LogP contribution in [0.5, 0.6) is 0 Å². The number of benzene rings is 1. The monoisotopic (exact) mass is 365 g/mol. The van der Waals surface area contributed by atoms with Gasteiger partial charge in [0, 0.05) is 42.7 Å². The SMILES string of the molecule is Cc1ccccc1CCCC(=O)NCCc1csc(-c2ccncc2)n1. The topological polar surface area (TPSA) is 54.9 Å². The number of aryl methyl sites for hydroxylation is 2. The number of aromatic nitrogens is 2. The second-order valence-electron chi connectivity index (χ2n) is 6.26. The number of carbonyl (C=O) groups excluding carboxylic acids is 1. The van der Waals surface area contributed by atoms with Gasteiger partial charge in [0.1, 0.15) is 5.01 Å². The zero-order valence-electron chi connectivity index (χ0n) is 14.9. The minimum Gasteiger partial charge on any atom is -0.356 e. The fourth-order valence-electron chi connectivity index (χ4n) is 2.80. The van der Waals surface area contributed by atoms with Crippen LogP contribution in [-0.4, -0.2) is 22.4 Å². The fraction of sp³-hybridized carbons (Fsp3) is 0.286. The van der Waals surface area contributed by atoms with Gasteiger partial charge in [0.2, 0.25) is 5.91 Å². The molecule has 26 heavy (non-hydrogen) atoms. The molecule has 4 nitrogen and oxygen atoms in total. The Morgan fingerprint density at radius 2 is 1.92 bits per heavy atom. The Kier molecular flexibility index (Phi) is 6.50. The zero-order chi connectivity index (χ0) is 18.2. The first kappa shape index (κ1) is 18.3. The molecule has 3 rings (SSSR count). The van der Waals surface area contributed by atoms with Gasteiger partial charge in [-0.2, -0.15) is 0 Å². The number of amides is 1. The van der Waals surface area contributed by atoms with E-state index >= 15 is 0 Å². The lowest BCUT2D eigenvalue weighted by atomic mass is 10.0. The molecule has 1 amide bonds. The van der Waals surface area contributed by atoms with Crippen molar-refractivity contribution >= 4 is 17.2 Å². The van der Waals surface area contributed by atoms with Crippen LogP contribution in [0.1, 0.15) is 29.7 Å². The summed E-state index contributed by atoms with van der Waals surface area (Å²) in [4.78, 5) is 20.7. The van der Waals surface area contributed by atoms with Crippen molar-refractivity contribution in [2.24, 2.45) is 0 Å². The van der Waals surface area contributed by atoms with Crippen molar-refractivity contribution in [1.82, 2.24) is 15.3 Å². The molecule has 0 fully saturated rings. The van der Waals surface area contributed by atoms with Crippen molar-refractivity contribution in [2.75, 3.05) is 6.54 Å². The molecular formula is C21H23N3OS. The Hall–Kier alpha value is -2.53. The largest absolute Gasteiger partial charge is 0.356 e. The Bertz CT molecular complexity index is 845. The summed E-state index contributed by atoms with van der Waals surface area (Å²) >= 11 is 1.62. The first-order valence-corrected chi connectivity index (χ1v) is 9.76. The maximum atomic E-state index is 12.0. The fourth-order valence-corrected chi connectivity index (χ4v) is 3.66. The third kappa shape index (κ3) is 5.23. The maximum Gasteiger partial charge on any atom is 0.220 e. The lowest BCUT2D eigenvalue weighted by molar-refractivity contribution is -0.121. The van der Waals surface area contributed by atoms with Gasteiger partial charge in [0.25, 0.3) is 0 Å². The van der Waals surface area contributed by atoms with Crippen molar-refractivity contribution < 1.29 is 4.79 Å². The number of nitrogens with one attached hydrogen (secondary N) is 1. The van der Waals surface area contributed by atoms with Crippen LogP contribution < -0.4 is 5.32 Å². The molecule has 0 aliphatic heterocycles. The summed E-state index contributed by atoms with van der Waals surface area (Å²) in [6.07, 6.45) is 6.68. The Morgan fingerprint density at radius 1 is 1.12 bits per heavy atom. The van der Waals surface area contributed by atoms with Crippen LogP contribution in [0.15, 0.2) is 54.2 Å². The van der Waals surface area contributed by atoms with Crippen molar-refractivity contribution in [1.29, 1.82) is 0 Å². The second-order valence-corrected chi connectivity index (χ2v) is 7.12. The molecule has 1 aromatic carbocycles. The number of thiazole rings is 1. The number of hydrogen-bond acceptors (Lipinski definition) is 4. The lowest BCUT2D eigenvalue weighted by Gasteiger charge is -2.06. The first-order valence-electron chi connectivity index (χ1n) is 8.88. The maximum absolute atomic E-state index is 12.0. The van der Waals surface area contributed by atoms with Gasteiger partial charge in [-0.3, -0.25) is 9.78 Å². The predicted octanol–water partition coefficient (Wildman–Crippen LogP) is 4.20. The molecule has 0 unspecified atom stereocenters. The highest BCUT2D eigenvalue weighted by Crippen LogP contribution is 2.22. The van der Waals surface area contributed by atoms with E-state index in [9.17, 15) is 4.79 Å². The van der Waals surface area contributed by atoms with E-state index in [4.69, 9.17) is 0 Å². The highest BCUT2D eigenvalue weighted by Gasteiger charge is 2.06. The number of rotatable bonds is 8. The van der Waals surface area contributed by atoms with E-state index in [1.165, 1.54) is 11.1 Å². The summed E-state index contributed by atoms with van der Waals surface area (Å²) in [7, 11) is 0. The molecule has 0 aliphatic carbocycles. The summed E-state index contributed by atoms with van der Waals surface area (Å²) in [6, 6.07) is 12.3. The standard InChI is InChI=1S/C21H23N3OS/c1-16-5-2-3-6-17(16)7-4-8-20(25)23-14-11-19-15-26-21(24-19)18-9-12-22-13-10-18/h2-3,5-6,9-10,12-13,15H,4,7-8,11,14H2,1H3,(H,23,25). The Balaban J connectivity index is 1.38. The van der Waals surface area contributed by atoms with Crippen LogP contribution >= 0.6 is 11.3 Å². The Labute approximate surface area is 158 Å². The van der Waals surface area contributed by atoms with Gasteiger partial charge in [-0.15, -0.1) is 11.3 Å².